The predicted octanol–water partition coefficient (Wildman–Crippen LogP) is 4.67. The van der Waals surface area contributed by atoms with E-state index in [1.807, 2.05) is 18.2 Å². The van der Waals surface area contributed by atoms with E-state index < -0.39 is 0 Å². The molecular weight excluding hydrogens is 877 g/mol. The number of benzene rings is 2. The summed E-state index contributed by atoms with van der Waals surface area (Å²) in [6.07, 6.45) is 8.46. The first-order chi connectivity index (χ1) is 26.3. The van der Waals surface area contributed by atoms with Crippen molar-refractivity contribution in [2.75, 3.05) is 46.9 Å². The zero-order valence-electron chi connectivity index (χ0n) is 29.0. The van der Waals surface area contributed by atoms with Crippen LogP contribution in [0.25, 0.3) is 5.57 Å². The molecule has 0 saturated carbocycles. The summed E-state index contributed by atoms with van der Waals surface area (Å²) in [4.78, 5) is 30.1. The molecule has 0 bridgehead atoms. The largest absolute Gasteiger partial charge is 0.504 e. The second-order valence-electron chi connectivity index (χ2n) is 13.8. The third-order valence-electron chi connectivity index (χ3n) is 11.5. The topological polar surface area (TPSA) is 107 Å². The van der Waals surface area contributed by atoms with Crippen molar-refractivity contribution in [3.63, 3.8) is 0 Å². The van der Waals surface area contributed by atoms with E-state index in [2.05, 4.69) is 44.3 Å². The number of carbonyl (C=O) groups is 2. The zero-order valence-corrected chi connectivity index (χ0v) is 36.4. The van der Waals surface area contributed by atoms with E-state index in [0.29, 0.717) is 17.9 Å². The fraction of sp³-hybridized carbons (Fsp3) is 0.500. The molecule has 2 spiro atoms. The highest BCUT2D eigenvalue weighted by molar-refractivity contribution is 8.72. The molecule has 2 aromatic carbocycles. The molecule has 6 aliphatic heterocycles. The van der Waals surface area contributed by atoms with Gasteiger partial charge in [0, 0.05) is 110 Å². The van der Waals surface area contributed by atoms with E-state index in [1.165, 1.54) is 23.3 Å². The van der Waals surface area contributed by atoms with Gasteiger partial charge < -0.3 is 28.8 Å². The van der Waals surface area contributed by atoms with Crippen LogP contribution in [0, 0.1) is 0 Å². The Morgan fingerprint density at radius 1 is 0.782 bits per heavy atom. The van der Waals surface area contributed by atoms with Gasteiger partial charge in [0.2, 0.25) is 19.4 Å². The summed E-state index contributed by atoms with van der Waals surface area (Å²) >= 11 is 9.27. The molecule has 2 saturated heterocycles. The first-order valence-electron chi connectivity index (χ1n) is 17.4. The van der Waals surface area contributed by atoms with Crippen molar-refractivity contribution in [1.82, 2.24) is 9.80 Å². The van der Waals surface area contributed by atoms with Crippen LogP contribution in [0.15, 0.2) is 41.9 Å². The number of hydrogen-bond donors (Lipinski definition) is 1. The van der Waals surface area contributed by atoms with Crippen LogP contribution in [0.2, 0.25) is 0 Å². The average Bonchev–Trinajstić information content (AvgIpc) is 4.03. The summed E-state index contributed by atoms with van der Waals surface area (Å²) in [6.45, 7) is 4.40. The summed E-state index contributed by atoms with van der Waals surface area (Å²) in [6, 6.07) is 8.05. The van der Waals surface area contributed by atoms with E-state index in [-0.39, 0.29) is 55.3 Å². The number of allylic oxidation sites excluding steroid dienone is 2. The molecule has 1 N–H and O–H groups in total. The minimum atomic E-state index is -0.305. The highest BCUT2D eigenvalue weighted by Crippen LogP contribution is 2.54. The van der Waals surface area contributed by atoms with Crippen LogP contribution in [-0.4, -0.2) is 84.4 Å². The lowest BCUT2D eigenvalue weighted by Crippen LogP contribution is -2.46. The highest BCUT2D eigenvalue weighted by atomic mass is 33.4. The number of fused-ring (bicyclic) bond motifs is 6. The highest BCUT2D eigenvalue weighted by Gasteiger charge is 2.57. The molecule has 3 atom stereocenters. The number of Topliss-reactive ketones (excluding diaryl/α,β-unsaturated/α-hetero) is 2. The molecule has 10 nitrogen and oxygen atoms in total. The lowest BCUT2D eigenvalue weighted by Gasteiger charge is -2.36. The fourth-order valence-electron chi connectivity index (χ4n) is 9.45. The summed E-state index contributed by atoms with van der Waals surface area (Å²) in [5.74, 6) is 3.26. The molecular formula is C36H40N2O8S9. The van der Waals surface area contributed by atoms with Gasteiger partial charge in [-0.3, -0.25) is 19.4 Å². The summed E-state index contributed by atoms with van der Waals surface area (Å²) < 4.78 is 27.4. The van der Waals surface area contributed by atoms with Gasteiger partial charge in [0.25, 0.3) is 0 Å². The minimum Gasteiger partial charge on any atom is -0.504 e. The molecule has 296 valence electrons. The van der Waals surface area contributed by atoms with E-state index in [1.54, 1.807) is 51.5 Å². The van der Waals surface area contributed by atoms with Crippen molar-refractivity contribution in [1.29, 1.82) is 0 Å². The minimum absolute atomic E-state index is 0. The molecule has 0 radical (unpaired) electrons. The number of nitrogens with zero attached hydrogens (tertiary/aromatic N) is 2. The van der Waals surface area contributed by atoms with E-state index in [4.69, 9.17) is 23.7 Å². The number of aliphatic hydroxyl groups excluding tert-OH is 1. The zero-order chi connectivity index (χ0) is 37.5. The van der Waals surface area contributed by atoms with Gasteiger partial charge in [-0.05, 0) is 104 Å². The smallest absolute Gasteiger partial charge is 0.231 e. The number of ketones is 2. The van der Waals surface area contributed by atoms with Crippen LogP contribution < -0.4 is 18.9 Å². The van der Waals surface area contributed by atoms with Gasteiger partial charge in [0.05, 0.1) is 24.1 Å². The van der Waals surface area contributed by atoms with Gasteiger partial charge in [0.1, 0.15) is 0 Å². The molecule has 8 aliphatic rings. The molecule has 10 rings (SSSR count). The molecule has 2 fully saturated rings. The summed E-state index contributed by atoms with van der Waals surface area (Å²) in [5.41, 5.74) is 4.69. The van der Waals surface area contributed by atoms with Gasteiger partial charge in [-0.25, -0.2) is 0 Å². The summed E-state index contributed by atoms with van der Waals surface area (Å²) in [5, 5.41) is 10.5. The number of ether oxygens (including phenoxy) is 5. The standard InChI is InChI=1S/C18H19NO4.C17H17NO4.CH4.S9/c1-21-15-9-18-4-2-5-19(18)6-3-11-7-13-14(23-10-22-13)8-12(11)16(18)17(15)20;19-12-8-17-3-1-4-18(17)5-2-10-6-13-14(22-9-21-13)7-11(10)15(17)16(12)20;;1-3-5-7-9-8-6-4-2/h7-9,16H,2-6,10H2,1H3;6-7,20H,1-5,8-9H2;1H4;/t16-,18+;17-;;/m10../s1. The van der Waals surface area contributed by atoms with Gasteiger partial charge >= 0.3 is 0 Å². The Hall–Kier alpha value is -2.04. The van der Waals surface area contributed by atoms with Crippen LogP contribution in [0.3, 0.4) is 0 Å². The third kappa shape index (κ3) is 7.45. The van der Waals surface area contributed by atoms with Crippen molar-refractivity contribution in [2.24, 2.45) is 0 Å². The normalized spacial score (nSPS) is 25.9. The van der Waals surface area contributed by atoms with Crippen LogP contribution in [0.4, 0.5) is 0 Å². The molecule has 2 aliphatic carbocycles. The van der Waals surface area contributed by atoms with Crippen molar-refractivity contribution in [3.05, 3.63) is 64.1 Å². The maximum absolute atomic E-state index is 13.0. The first kappa shape index (κ1) is 41.1. The Kier molecular flexibility index (Phi) is 13.0. The fourth-order valence-corrected chi connectivity index (χ4v) is 23.2. The van der Waals surface area contributed by atoms with Crippen LogP contribution >= 0.6 is 0 Å². The molecule has 55 heavy (non-hydrogen) atoms. The summed E-state index contributed by atoms with van der Waals surface area (Å²) in [7, 11) is 12.5. The number of rotatable bonds is 1. The average molecular weight is 917 g/mol. The maximum Gasteiger partial charge on any atom is 0.231 e. The molecule has 0 unspecified atom stereocenters. The second kappa shape index (κ2) is 17.4. The molecule has 19 heteroatoms. The van der Waals surface area contributed by atoms with Gasteiger partial charge in [-0.15, -0.1) is 0 Å². The van der Waals surface area contributed by atoms with E-state index >= 15 is 0 Å². The third-order valence-corrected chi connectivity index (χ3v) is 24.9. The Labute approximate surface area is 350 Å². The molecule has 6 heterocycles. The van der Waals surface area contributed by atoms with Crippen LogP contribution in [0.5, 0.6) is 23.0 Å². The van der Waals surface area contributed by atoms with Gasteiger partial charge in [0.15, 0.2) is 40.3 Å². The van der Waals surface area contributed by atoms with Crippen LogP contribution in [-0.2, 0) is 112 Å². The van der Waals surface area contributed by atoms with E-state index in [0.717, 1.165) is 104 Å². The Balaban J connectivity index is 0.000000138. The molecule has 0 amide bonds. The monoisotopic (exact) mass is 916 g/mol. The number of aliphatic hydroxyl groups is 1. The van der Waals surface area contributed by atoms with Crippen LogP contribution in [0.1, 0.15) is 67.7 Å². The first-order valence-corrected chi connectivity index (χ1v) is 28.1. The van der Waals surface area contributed by atoms with E-state index in [9.17, 15) is 14.7 Å². The predicted molar refractivity (Wildman–Crippen MR) is 235 cm³/mol. The second-order valence-corrected chi connectivity index (χ2v) is 26.2. The SMILES string of the molecule is C.COC1=C[C@]23CCCN2CCc2cc4c(cc2[C@@H]3C1=O)OCO4.O=C1C[C@]23CCCN2CCc2cc4c(cc2C3=C1O)OCO4.S=S=S=S=S=S=S=S=S. The van der Waals surface area contributed by atoms with Gasteiger partial charge in [-0.1, -0.05) is 7.43 Å². The van der Waals surface area contributed by atoms with Gasteiger partial charge in [-0.2, -0.15) is 0 Å². The molecule has 2 aromatic rings. The Bertz CT molecular complexity index is 2300. The number of hydrogen-bond acceptors (Lipinski definition) is 12. The maximum atomic E-state index is 13.0. The lowest BCUT2D eigenvalue weighted by atomic mass is 9.78. The number of carbonyl (C=O) groups excluding carboxylic acids is 2. The Morgan fingerprint density at radius 2 is 1.36 bits per heavy atom. The van der Waals surface area contributed by atoms with Crippen molar-refractivity contribution in [2.45, 2.75) is 69.4 Å². The van der Waals surface area contributed by atoms with Crippen molar-refractivity contribution in [3.8, 4) is 23.0 Å². The van der Waals surface area contributed by atoms with Crippen molar-refractivity contribution < 1.29 is 38.4 Å². The molecule has 0 aromatic heterocycles. The lowest BCUT2D eigenvalue weighted by molar-refractivity contribution is -0.120. The quantitative estimate of drug-likeness (QED) is 0.431. The number of methoxy groups -OCH3 is 1. The Morgan fingerprint density at radius 3 is 2.05 bits per heavy atom. The van der Waals surface area contributed by atoms with Crippen molar-refractivity contribution >= 4 is 102 Å².